The molecule has 7 heteroatoms. The minimum absolute atomic E-state index is 0.0641. The van der Waals surface area contributed by atoms with E-state index in [1.54, 1.807) is 27.9 Å². The zero-order valence-electron chi connectivity index (χ0n) is 18.8. The fraction of sp³-hybridized carbons (Fsp3) is 0.652. The molecule has 0 saturated carbocycles. The Balaban J connectivity index is 2.14. The Kier molecular flexibility index (Phi) is 10.8. The molecule has 0 aliphatic rings. The number of carboxylic acid groups (broad SMARTS) is 1. The molecule has 0 saturated heterocycles. The van der Waals surface area contributed by atoms with Crippen LogP contribution in [0.3, 0.4) is 0 Å². The van der Waals surface area contributed by atoms with Gasteiger partial charge in [0.15, 0.2) is 0 Å². The maximum absolute atomic E-state index is 12.2. The molecule has 1 rings (SSSR count). The van der Waals surface area contributed by atoms with Crippen LogP contribution in [0.5, 0.6) is 5.75 Å². The first-order chi connectivity index (χ1) is 14.2. The second-order valence-corrected chi connectivity index (χ2v) is 8.43. The monoisotopic (exact) mass is 422 g/mol. The molecule has 0 radical (unpaired) electrons. The summed E-state index contributed by atoms with van der Waals surface area (Å²) >= 11 is 0. The van der Waals surface area contributed by atoms with Crippen LogP contribution in [0, 0.1) is 5.41 Å². The number of aliphatic carboxylic acids is 1. The SMILES string of the molecule is COc1ccc(COCCCCCCCC(=O)NC(C)(CN)C(C)(C)C(=O)O)cc1. The molecule has 7 nitrogen and oxygen atoms in total. The molecular weight excluding hydrogens is 384 g/mol. The predicted molar refractivity (Wildman–Crippen MR) is 117 cm³/mol. The van der Waals surface area contributed by atoms with Gasteiger partial charge in [0.25, 0.3) is 0 Å². The Morgan fingerprint density at radius 1 is 1.03 bits per heavy atom. The quantitative estimate of drug-likeness (QED) is 0.373. The van der Waals surface area contributed by atoms with E-state index >= 15 is 0 Å². The summed E-state index contributed by atoms with van der Waals surface area (Å²) in [5.41, 5.74) is 4.75. The highest BCUT2D eigenvalue weighted by molar-refractivity contribution is 5.80. The van der Waals surface area contributed by atoms with Crippen LogP contribution in [0.25, 0.3) is 0 Å². The van der Waals surface area contributed by atoms with E-state index in [0.717, 1.165) is 43.4 Å². The number of amides is 1. The maximum Gasteiger partial charge on any atom is 0.311 e. The average molecular weight is 423 g/mol. The summed E-state index contributed by atoms with van der Waals surface area (Å²) in [4.78, 5) is 23.7. The third-order valence-electron chi connectivity index (χ3n) is 5.86. The number of unbranched alkanes of at least 4 members (excludes halogenated alkanes) is 4. The van der Waals surface area contributed by atoms with E-state index in [-0.39, 0.29) is 12.5 Å². The number of carbonyl (C=O) groups is 2. The predicted octanol–water partition coefficient (Wildman–Crippen LogP) is 3.50. The fourth-order valence-electron chi connectivity index (χ4n) is 3.00. The Morgan fingerprint density at radius 3 is 2.20 bits per heavy atom. The number of carbonyl (C=O) groups excluding carboxylic acids is 1. The van der Waals surface area contributed by atoms with Crippen molar-refractivity contribution >= 4 is 11.9 Å². The van der Waals surface area contributed by atoms with Crippen LogP contribution < -0.4 is 15.8 Å². The van der Waals surface area contributed by atoms with Gasteiger partial charge in [-0.2, -0.15) is 0 Å². The normalized spacial score (nSPS) is 13.5. The zero-order chi connectivity index (χ0) is 22.6. The van der Waals surface area contributed by atoms with Crippen LogP contribution in [0.15, 0.2) is 24.3 Å². The maximum atomic E-state index is 12.2. The standard InChI is InChI=1S/C23H38N2O5/c1-22(2,21(27)28)23(3,17-24)25-20(26)10-8-6-5-7-9-15-30-16-18-11-13-19(29-4)14-12-18/h11-14H,5-10,15-17,24H2,1-4H3,(H,25,26)(H,27,28). The van der Waals surface area contributed by atoms with Crippen LogP contribution in [-0.4, -0.2) is 42.8 Å². The summed E-state index contributed by atoms with van der Waals surface area (Å²) < 4.78 is 10.8. The number of carboxylic acids is 1. The first kappa shape index (κ1) is 25.9. The van der Waals surface area contributed by atoms with Gasteiger partial charge in [0.2, 0.25) is 5.91 Å². The van der Waals surface area contributed by atoms with E-state index < -0.39 is 16.9 Å². The molecule has 0 aromatic heterocycles. The summed E-state index contributed by atoms with van der Waals surface area (Å²) in [6, 6.07) is 7.84. The highest BCUT2D eigenvalue weighted by Crippen LogP contribution is 2.30. The van der Waals surface area contributed by atoms with Gasteiger partial charge in [-0.25, -0.2) is 0 Å². The third-order valence-corrected chi connectivity index (χ3v) is 5.86. The molecule has 1 aromatic carbocycles. The second-order valence-electron chi connectivity index (χ2n) is 8.43. The fourth-order valence-corrected chi connectivity index (χ4v) is 3.00. The van der Waals surface area contributed by atoms with Gasteiger partial charge in [-0.3, -0.25) is 9.59 Å². The van der Waals surface area contributed by atoms with Gasteiger partial charge in [-0.15, -0.1) is 0 Å². The highest BCUT2D eigenvalue weighted by atomic mass is 16.5. The minimum Gasteiger partial charge on any atom is -0.497 e. The largest absolute Gasteiger partial charge is 0.497 e. The van der Waals surface area contributed by atoms with Crippen LogP contribution in [0.2, 0.25) is 0 Å². The topological polar surface area (TPSA) is 111 Å². The molecule has 1 unspecified atom stereocenters. The van der Waals surface area contributed by atoms with Crippen LogP contribution in [-0.2, 0) is 20.9 Å². The van der Waals surface area contributed by atoms with Crippen molar-refractivity contribution in [3.8, 4) is 5.75 Å². The first-order valence-corrected chi connectivity index (χ1v) is 10.6. The molecule has 4 N–H and O–H groups in total. The lowest BCUT2D eigenvalue weighted by atomic mass is 9.73. The summed E-state index contributed by atoms with van der Waals surface area (Å²) in [5.74, 6) is -0.296. The van der Waals surface area contributed by atoms with Crippen molar-refractivity contribution in [1.29, 1.82) is 0 Å². The summed E-state index contributed by atoms with van der Waals surface area (Å²) in [6.45, 7) is 6.22. The molecular formula is C23H38N2O5. The Hall–Kier alpha value is -2.12. The van der Waals surface area contributed by atoms with Crippen molar-refractivity contribution in [3.63, 3.8) is 0 Å². The number of hydrogen-bond acceptors (Lipinski definition) is 5. The average Bonchev–Trinajstić information content (AvgIpc) is 2.72. The van der Waals surface area contributed by atoms with E-state index in [2.05, 4.69) is 5.32 Å². The molecule has 0 aliphatic carbocycles. The smallest absolute Gasteiger partial charge is 0.311 e. The molecule has 0 fully saturated rings. The van der Waals surface area contributed by atoms with E-state index in [1.807, 2.05) is 24.3 Å². The molecule has 1 amide bonds. The second kappa shape index (κ2) is 12.5. The van der Waals surface area contributed by atoms with Crippen molar-refractivity contribution in [3.05, 3.63) is 29.8 Å². The van der Waals surface area contributed by atoms with Gasteiger partial charge >= 0.3 is 5.97 Å². The van der Waals surface area contributed by atoms with Crippen LogP contribution >= 0.6 is 0 Å². The van der Waals surface area contributed by atoms with E-state index in [9.17, 15) is 14.7 Å². The van der Waals surface area contributed by atoms with Crippen molar-refractivity contribution in [2.24, 2.45) is 11.1 Å². The third kappa shape index (κ3) is 7.95. The van der Waals surface area contributed by atoms with Gasteiger partial charge in [0.1, 0.15) is 5.75 Å². The van der Waals surface area contributed by atoms with Gasteiger partial charge in [0, 0.05) is 19.6 Å². The van der Waals surface area contributed by atoms with Gasteiger partial charge in [0.05, 0.1) is 24.7 Å². The molecule has 30 heavy (non-hydrogen) atoms. The van der Waals surface area contributed by atoms with E-state index in [1.165, 1.54) is 0 Å². The first-order valence-electron chi connectivity index (χ1n) is 10.6. The number of benzene rings is 1. The van der Waals surface area contributed by atoms with Gasteiger partial charge < -0.3 is 25.6 Å². The molecule has 0 aliphatic heterocycles. The lowest BCUT2D eigenvalue weighted by molar-refractivity contribution is -0.152. The Morgan fingerprint density at radius 2 is 1.63 bits per heavy atom. The van der Waals surface area contributed by atoms with E-state index in [0.29, 0.717) is 19.6 Å². The summed E-state index contributed by atoms with van der Waals surface area (Å²) in [5, 5.41) is 12.3. The summed E-state index contributed by atoms with van der Waals surface area (Å²) in [7, 11) is 1.65. The highest BCUT2D eigenvalue weighted by Gasteiger charge is 2.46. The van der Waals surface area contributed by atoms with Crippen molar-refractivity contribution < 1.29 is 24.2 Å². The lowest BCUT2D eigenvalue weighted by Crippen LogP contribution is -2.63. The molecule has 0 spiro atoms. The number of ether oxygens (including phenoxy) is 2. The van der Waals surface area contributed by atoms with Crippen molar-refractivity contribution in [1.82, 2.24) is 5.32 Å². The van der Waals surface area contributed by atoms with Crippen LogP contribution in [0.4, 0.5) is 0 Å². The summed E-state index contributed by atoms with van der Waals surface area (Å²) in [6.07, 6.45) is 5.17. The van der Waals surface area contributed by atoms with Crippen molar-refractivity contribution in [2.45, 2.75) is 71.4 Å². The Labute approximate surface area is 180 Å². The number of rotatable bonds is 15. The number of nitrogens with one attached hydrogen (secondary N) is 1. The molecule has 170 valence electrons. The van der Waals surface area contributed by atoms with Gasteiger partial charge in [-0.1, -0.05) is 31.4 Å². The Bertz CT molecular complexity index is 660. The van der Waals surface area contributed by atoms with Crippen LogP contribution in [0.1, 0.15) is 64.9 Å². The lowest BCUT2D eigenvalue weighted by Gasteiger charge is -2.41. The molecule has 0 heterocycles. The minimum atomic E-state index is -1.15. The van der Waals surface area contributed by atoms with Gasteiger partial charge in [-0.05, 0) is 51.3 Å². The van der Waals surface area contributed by atoms with E-state index in [4.69, 9.17) is 15.2 Å². The van der Waals surface area contributed by atoms with Crippen molar-refractivity contribution in [2.75, 3.05) is 20.3 Å². The zero-order valence-corrected chi connectivity index (χ0v) is 18.8. The molecule has 0 bridgehead atoms. The molecule has 1 atom stereocenters. The number of methoxy groups -OCH3 is 1. The number of nitrogens with two attached hydrogens (primary N) is 1. The molecule has 1 aromatic rings. The number of hydrogen-bond donors (Lipinski definition) is 3.